The van der Waals surface area contributed by atoms with Crippen molar-refractivity contribution in [3.63, 3.8) is 0 Å². The van der Waals surface area contributed by atoms with E-state index in [9.17, 15) is 9.18 Å². The fourth-order valence-corrected chi connectivity index (χ4v) is 1.72. The van der Waals surface area contributed by atoms with E-state index in [1.165, 1.54) is 12.1 Å². The Hall–Kier alpha value is -1.96. The number of hydrogen-bond acceptors (Lipinski definition) is 1. The van der Waals surface area contributed by atoms with E-state index in [1.54, 1.807) is 18.2 Å². The first-order chi connectivity index (χ1) is 8.20. The van der Waals surface area contributed by atoms with Crippen molar-refractivity contribution in [1.82, 2.24) is 0 Å². The van der Waals surface area contributed by atoms with Crippen LogP contribution in [0, 0.1) is 5.82 Å². The average Bonchev–Trinajstić information content (AvgIpc) is 2.39. The van der Waals surface area contributed by atoms with E-state index in [0.717, 1.165) is 11.1 Å². The lowest BCUT2D eigenvalue weighted by atomic mass is 10.0. The number of Topliss-reactive ketones (excluding diaryl/α,β-unsaturated/α-hetero) is 1. The topological polar surface area (TPSA) is 17.1 Å². The molecule has 0 saturated heterocycles. The summed E-state index contributed by atoms with van der Waals surface area (Å²) < 4.78 is 12.8. The van der Waals surface area contributed by atoms with Crippen LogP contribution in [0.5, 0.6) is 0 Å². The highest BCUT2D eigenvalue weighted by Gasteiger charge is 2.04. The van der Waals surface area contributed by atoms with Crippen LogP contribution in [0.4, 0.5) is 4.39 Å². The fourth-order valence-electron chi connectivity index (χ4n) is 1.72. The van der Waals surface area contributed by atoms with E-state index in [-0.39, 0.29) is 11.6 Å². The largest absolute Gasteiger partial charge is 0.294 e. The maximum absolute atomic E-state index is 12.8. The molecule has 86 valence electrons. The first kappa shape index (κ1) is 11.5. The number of hydrogen-bond donors (Lipinski definition) is 0. The lowest BCUT2D eigenvalue weighted by Gasteiger charge is -2.04. The minimum Gasteiger partial charge on any atom is -0.294 e. The van der Waals surface area contributed by atoms with Crippen LogP contribution < -0.4 is 0 Å². The van der Waals surface area contributed by atoms with Crippen LogP contribution in [0.1, 0.15) is 23.7 Å². The maximum Gasteiger partial charge on any atom is 0.162 e. The van der Waals surface area contributed by atoms with Gasteiger partial charge in [0.2, 0.25) is 0 Å². The van der Waals surface area contributed by atoms with E-state index < -0.39 is 0 Å². The molecule has 0 aromatic heterocycles. The van der Waals surface area contributed by atoms with Crippen LogP contribution >= 0.6 is 0 Å². The van der Waals surface area contributed by atoms with E-state index in [1.807, 2.05) is 25.1 Å². The van der Waals surface area contributed by atoms with Gasteiger partial charge in [-0.2, -0.15) is 0 Å². The normalized spacial score (nSPS) is 10.2. The standard InChI is InChI=1S/C15H13FO/c1-2-15(17)13-5-3-4-12(10-13)11-6-8-14(16)9-7-11/h3-10H,2H2,1H3. The van der Waals surface area contributed by atoms with Gasteiger partial charge in [-0.1, -0.05) is 37.3 Å². The van der Waals surface area contributed by atoms with Gasteiger partial charge in [0, 0.05) is 12.0 Å². The Labute approximate surface area is 99.9 Å². The predicted molar refractivity (Wildman–Crippen MR) is 66.5 cm³/mol. The Morgan fingerprint density at radius 1 is 1.06 bits per heavy atom. The summed E-state index contributed by atoms with van der Waals surface area (Å²) in [6.07, 6.45) is 0.493. The summed E-state index contributed by atoms with van der Waals surface area (Å²) in [4.78, 5) is 11.6. The molecule has 0 saturated carbocycles. The Balaban J connectivity index is 2.39. The summed E-state index contributed by atoms with van der Waals surface area (Å²) in [6.45, 7) is 1.84. The van der Waals surface area contributed by atoms with Gasteiger partial charge < -0.3 is 0 Å². The molecule has 0 unspecified atom stereocenters. The Morgan fingerprint density at radius 2 is 1.76 bits per heavy atom. The molecule has 17 heavy (non-hydrogen) atoms. The number of carbonyl (C=O) groups is 1. The minimum atomic E-state index is -0.255. The number of halogens is 1. The second kappa shape index (κ2) is 4.91. The van der Waals surface area contributed by atoms with E-state index in [2.05, 4.69) is 0 Å². The average molecular weight is 228 g/mol. The molecule has 0 aliphatic rings. The van der Waals surface area contributed by atoms with Crippen molar-refractivity contribution in [2.24, 2.45) is 0 Å². The highest BCUT2D eigenvalue weighted by atomic mass is 19.1. The maximum atomic E-state index is 12.8. The fraction of sp³-hybridized carbons (Fsp3) is 0.133. The van der Waals surface area contributed by atoms with Crippen LogP contribution in [-0.4, -0.2) is 5.78 Å². The van der Waals surface area contributed by atoms with Crippen molar-refractivity contribution in [3.05, 3.63) is 59.9 Å². The number of rotatable bonds is 3. The molecular weight excluding hydrogens is 215 g/mol. The van der Waals surface area contributed by atoms with Gasteiger partial charge in [0.25, 0.3) is 0 Å². The summed E-state index contributed by atoms with van der Waals surface area (Å²) in [5.41, 5.74) is 2.55. The number of benzene rings is 2. The Bertz CT molecular complexity index is 529. The third-order valence-corrected chi connectivity index (χ3v) is 2.68. The molecule has 0 spiro atoms. The lowest BCUT2D eigenvalue weighted by molar-refractivity contribution is 0.0988. The molecular formula is C15H13FO. The van der Waals surface area contributed by atoms with Gasteiger partial charge in [-0.25, -0.2) is 4.39 Å². The predicted octanol–water partition coefficient (Wildman–Crippen LogP) is 4.09. The van der Waals surface area contributed by atoms with Gasteiger partial charge in [0.05, 0.1) is 0 Å². The summed E-state index contributed by atoms with van der Waals surface area (Å²) in [5.74, 6) is -0.136. The molecule has 0 aliphatic heterocycles. The molecule has 2 aromatic rings. The van der Waals surface area contributed by atoms with Gasteiger partial charge in [-0.15, -0.1) is 0 Å². The second-order valence-electron chi connectivity index (χ2n) is 3.86. The molecule has 0 radical (unpaired) electrons. The van der Waals surface area contributed by atoms with Gasteiger partial charge in [-0.3, -0.25) is 4.79 Å². The Morgan fingerprint density at radius 3 is 2.41 bits per heavy atom. The monoisotopic (exact) mass is 228 g/mol. The summed E-state index contributed by atoms with van der Waals surface area (Å²) >= 11 is 0. The molecule has 0 fully saturated rings. The molecule has 1 nitrogen and oxygen atoms in total. The molecule has 0 N–H and O–H groups in total. The summed E-state index contributed by atoms with van der Waals surface area (Å²) in [6, 6.07) is 13.7. The van der Waals surface area contributed by atoms with Gasteiger partial charge in [-0.05, 0) is 29.3 Å². The van der Waals surface area contributed by atoms with Crippen molar-refractivity contribution in [2.45, 2.75) is 13.3 Å². The smallest absolute Gasteiger partial charge is 0.162 e. The van der Waals surface area contributed by atoms with Gasteiger partial charge in [0.15, 0.2) is 5.78 Å². The second-order valence-corrected chi connectivity index (χ2v) is 3.86. The van der Waals surface area contributed by atoms with Crippen LogP contribution in [0.3, 0.4) is 0 Å². The van der Waals surface area contributed by atoms with Gasteiger partial charge >= 0.3 is 0 Å². The summed E-state index contributed by atoms with van der Waals surface area (Å²) in [5, 5.41) is 0. The molecule has 0 heterocycles. The quantitative estimate of drug-likeness (QED) is 0.723. The van der Waals surface area contributed by atoms with Crippen LogP contribution in [0.2, 0.25) is 0 Å². The van der Waals surface area contributed by atoms with E-state index in [4.69, 9.17) is 0 Å². The zero-order valence-corrected chi connectivity index (χ0v) is 9.61. The molecule has 0 amide bonds. The van der Waals surface area contributed by atoms with Gasteiger partial charge in [0.1, 0.15) is 5.82 Å². The molecule has 2 aromatic carbocycles. The first-order valence-corrected chi connectivity index (χ1v) is 5.60. The van der Waals surface area contributed by atoms with Crippen LogP contribution in [0.25, 0.3) is 11.1 Å². The first-order valence-electron chi connectivity index (χ1n) is 5.60. The Kier molecular flexibility index (Phi) is 3.33. The third-order valence-electron chi connectivity index (χ3n) is 2.68. The van der Waals surface area contributed by atoms with E-state index in [0.29, 0.717) is 12.0 Å². The molecule has 0 aliphatic carbocycles. The molecule has 2 rings (SSSR count). The zero-order chi connectivity index (χ0) is 12.3. The third kappa shape index (κ3) is 2.59. The molecule has 0 atom stereocenters. The van der Waals surface area contributed by atoms with Crippen molar-refractivity contribution in [1.29, 1.82) is 0 Å². The van der Waals surface area contributed by atoms with Crippen molar-refractivity contribution in [3.8, 4) is 11.1 Å². The SMILES string of the molecule is CCC(=O)c1cccc(-c2ccc(F)cc2)c1. The van der Waals surface area contributed by atoms with Crippen molar-refractivity contribution in [2.75, 3.05) is 0 Å². The number of carbonyl (C=O) groups excluding carboxylic acids is 1. The van der Waals surface area contributed by atoms with Crippen molar-refractivity contribution < 1.29 is 9.18 Å². The van der Waals surface area contributed by atoms with E-state index >= 15 is 0 Å². The zero-order valence-electron chi connectivity index (χ0n) is 9.61. The number of ketones is 1. The van der Waals surface area contributed by atoms with Crippen LogP contribution in [-0.2, 0) is 0 Å². The van der Waals surface area contributed by atoms with Crippen molar-refractivity contribution >= 4 is 5.78 Å². The molecule has 2 heteroatoms. The lowest BCUT2D eigenvalue weighted by Crippen LogP contribution is -1.96. The minimum absolute atomic E-state index is 0.119. The summed E-state index contributed by atoms with van der Waals surface area (Å²) in [7, 11) is 0. The highest BCUT2D eigenvalue weighted by molar-refractivity contribution is 5.96. The highest BCUT2D eigenvalue weighted by Crippen LogP contribution is 2.21. The molecule has 0 bridgehead atoms. The van der Waals surface area contributed by atoms with Crippen LogP contribution in [0.15, 0.2) is 48.5 Å².